The van der Waals surface area contributed by atoms with Gasteiger partial charge < -0.3 is 4.90 Å². The van der Waals surface area contributed by atoms with E-state index in [4.69, 9.17) is 0 Å². The maximum Gasteiger partial charge on any atom is 0.129 e. The Kier molecular flexibility index (Phi) is 2.50. The van der Waals surface area contributed by atoms with Crippen molar-refractivity contribution in [3.63, 3.8) is 0 Å². The summed E-state index contributed by atoms with van der Waals surface area (Å²) in [5, 5.41) is 2.57. The molecule has 1 aliphatic rings. The van der Waals surface area contributed by atoms with Crippen LogP contribution in [0.4, 0.5) is 5.82 Å². The first-order valence-electron chi connectivity index (χ1n) is 6.38. The van der Waals surface area contributed by atoms with E-state index in [-0.39, 0.29) is 0 Å². The molecule has 17 heavy (non-hydrogen) atoms. The number of fused-ring (bicyclic) bond motifs is 1. The van der Waals surface area contributed by atoms with Crippen LogP contribution in [0.5, 0.6) is 0 Å². The van der Waals surface area contributed by atoms with Crippen LogP contribution >= 0.6 is 0 Å². The Morgan fingerprint density at radius 2 is 2.24 bits per heavy atom. The van der Waals surface area contributed by atoms with Crippen molar-refractivity contribution in [1.82, 2.24) is 4.98 Å². The molecule has 2 nitrogen and oxygen atoms in total. The van der Waals surface area contributed by atoms with Gasteiger partial charge in [0.15, 0.2) is 0 Å². The fourth-order valence-corrected chi connectivity index (χ4v) is 2.74. The van der Waals surface area contributed by atoms with Gasteiger partial charge in [0.2, 0.25) is 0 Å². The molecule has 2 heterocycles. The Bertz CT molecular complexity index is 548. The van der Waals surface area contributed by atoms with E-state index < -0.39 is 0 Å². The van der Waals surface area contributed by atoms with Crippen LogP contribution < -0.4 is 4.90 Å². The number of aryl methyl sites for hydroxylation is 1. The van der Waals surface area contributed by atoms with E-state index in [9.17, 15) is 0 Å². The molecule has 2 heteroatoms. The summed E-state index contributed by atoms with van der Waals surface area (Å²) in [4.78, 5) is 7.04. The molecule has 1 aromatic carbocycles. The maximum absolute atomic E-state index is 4.63. The number of benzene rings is 1. The normalized spacial score (nSPS) is 20.1. The molecular weight excluding hydrogens is 208 g/mol. The van der Waals surface area contributed by atoms with E-state index in [1.807, 2.05) is 6.20 Å². The lowest BCUT2D eigenvalue weighted by atomic mass is 10.1. The molecular formula is C15H18N2. The van der Waals surface area contributed by atoms with Crippen molar-refractivity contribution in [1.29, 1.82) is 0 Å². The number of hydrogen-bond acceptors (Lipinski definition) is 2. The van der Waals surface area contributed by atoms with Crippen LogP contribution in [-0.4, -0.2) is 17.6 Å². The quantitative estimate of drug-likeness (QED) is 0.739. The topological polar surface area (TPSA) is 16.1 Å². The highest BCUT2D eigenvalue weighted by Crippen LogP contribution is 2.27. The lowest BCUT2D eigenvalue weighted by molar-refractivity contribution is 0.728. The standard InChI is InChI=1S/C15H18N2/c1-11-5-3-7-13-9-15(16-10-14(11)13)17-8-4-6-12(17)2/h3,5,7,9-10,12H,4,6,8H2,1-2H3/t12-/m0/s1. The Labute approximate surface area is 102 Å². The van der Waals surface area contributed by atoms with E-state index in [1.165, 1.54) is 29.2 Å². The molecule has 1 aliphatic heterocycles. The van der Waals surface area contributed by atoms with Crippen molar-refractivity contribution in [2.45, 2.75) is 32.7 Å². The molecule has 0 spiro atoms. The second-order valence-corrected chi connectivity index (χ2v) is 5.02. The third-order valence-corrected chi connectivity index (χ3v) is 3.82. The number of rotatable bonds is 1. The van der Waals surface area contributed by atoms with Crippen LogP contribution in [0.3, 0.4) is 0 Å². The Morgan fingerprint density at radius 1 is 1.35 bits per heavy atom. The molecule has 3 rings (SSSR count). The van der Waals surface area contributed by atoms with Crippen molar-refractivity contribution >= 4 is 16.6 Å². The summed E-state index contributed by atoms with van der Waals surface area (Å²) in [5.41, 5.74) is 1.30. The molecule has 1 atom stereocenters. The van der Waals surface area contributed by atoms with E-state index in [0.717, 1.165) is 12.4 Å². The van der Waals surface area contributed by atoms with Crippen molar-refractivity contribution < 1.29 is 0 Å². The maximum atomic E-state index is 4.63. The SMILES string of the molecule is Cc1cccc2cc(N3CCC[C@@H]3C)ncc12. The Morgan fingerprint density at radius 3 is 3.00 bits per heavy atom. The summed E-state index contributed by atoms with van der Waals surface area (Å²) < 4.78 is 0. The minimum atomic E-state index is 0.629. The highest BCUT2D eigenvalue weighted by molar-refractivity contribution is 5.86. The lowest BCUT2D eigenvalue weighted by Gasteiger charge is -2.22. The van der Waals surface area contributed by atoms with Gasteiger partial charge >= 0.3 is 0 Å². The van der Waals surface area contributed by atoms with Gasteiger partial charge in [-0.05, 0) is 43.7 Å². The molecule has 0 N–H and O–H groups in total. The number of pyridine rings is 1. The lowest BCUT2D eigenvalue weighted by Crippen LogP contribution is -2.26. The van der Waals surface area contributed by atoms with Gasteiger partial charge in [0.25, 0.3) is 0 Å². The summed E-state index contributed by atoms with van der Waals surface area (Å²) >= 11 is 0. The molecule has 1 saturated heterocycles. The third-order valence-electron chi connectivity index (χ3n) is 3.82. The minimum Gasteiger partial charge on any atom is -0.354 e. The third kappa shape index (κ3) is 1.78. The smallest absolute Gasteiger partial charge is 0.129 e. The molecule has 0 bridgehead atoms. The first-order chi connectivity index (χ1) is 8.25. The van der Waals surface area contributed by atoms with Crippen molar-refractivity contribution in [3.8, 4) is 0 Å². The number of nitrogens with zero attached hydrogens (tertiary/aromatic N) is 2. The second kappa shape index (κ2) is 4.02. The molecule has 2 aromatic rings. The predicted octanol–water partition coefficient (Wildman–Crippen LogP) is 3.53. The van der Waals surface area contributed by atoms with Gasteiger partial charge in [0, 0.05) is 24.2 Å². The molecule has 0 saturated carbocycles. The largest absolute Gasteiger partial charge is 0.354 e. The fourth-order valence-electron chi connectivity index (χ4n) is 2.74. The molecule has 1 fully saturated rings. The van der Waals surface area contributed by atoms with E-state index in [2.05, 4.69) is 48.0 Å². The molecule has 0 unspecified atom stereocenters. The van der Waals surface area contributed by atoms with E-state index in [1.54, 1.807) is 0 Å². The summed E-state index contributed by atoms with van der Waals surface area (Å²) in [6.45, 7) is 5.57. The van der Waals surface area contributed by atoms with E-state index in [0.29, 0.717) is 6.04 Å². The summed E-state index contributed by atoms with van der Waals surface area (Å²) in [6, 6.07) is 9.29. The summed E-state index contributed by atoms with van der Waals surface area (Å²) in [7, 11) is 0. The first kappa shape index (κ1) is 10.6. The van der Waals surface area contributed by atoms with Gasteiger partial charge in [-0.2, -0.15) is 0 Å². The molecule has 0 amide bonds. The molecule has 0 radical (unpaired) electrons. The van der Waals surface area contributed by atoms with Crippen LogP contribution in [0.15, 0.2) is 30.5 Å². The van der Waals surface area contributed by atoms with Gasteiger partial charge in [-0.25, -0.2) is 4.98 Å². The summed E-state index contributed by atoms with van der Waals surface area (Å²) in [6.07, 6.45) is 4.59. The van der Waals surface area contributed by atoms with Gasteiger partial charge in [-0.15, -0.1) is 0 Å². The van der Waals surface area contributed by atoms with Crippen molar-refractivity contribution in [2.75, 3.05) is 11.4 Å². The van der Waals surface area contributed by atoms with Gasteiger partial charge in [-0.3, -0.25) is 0 Å². The molecule has 88 valence electrons. The van der Waals surface area contributed by atoms with Crippen LogP contribution in [0.1, 0.15) is 25.3 Å². The van der Waals surface area contributed by atoms with Crippen LogP contribution in [0, 0.1) is 6.92 Å². The zero-order valence-corrected chi connectivity index (χ0v) is 10.5. The Hall–Kier alpha value is -1.57. The Balaban J connectivity index is 2.07. The zero-order chi connectivity index (χ0) is 11.8. The number of aromatic nitrogens is 1. The predicted molar refractivity (Wildman–Crippen MR) is 72.5 cm³/mol. The average Bonchev–Trinajstić information content (AvgIpc) is 2.75. The monoisotopic (exact) mass is 226 g/mol. The van der Waals surface area contributed by atoms with Crippen LogP contribution in [-0.2, 0) is 0 Å². The summed E-state index contributed by atoms with van der Waals surface area (Å²) in [5.74, 6) is 1.13. The minimum absolute atomic E-state index is 0.629. The van der Waals surface area contributed by atoms with Crippen molar-refractivity contribution in [2.24, 2.45) is 0 Å². The highest BCUT2D eigenvalue weighted by atomic mass is 15.2. The van der Waals surface area contributed by atoms with Gasteiger partial charge in [-0.1, -0.05) is 18.2 Å². The zero-order valence-electron chi connectivity index (χ0n) is 10.5. The van der Waals surface area contributed by atoms with Gasteiger partial charge in [0.1, 0.15) is 5.82 Å². The molecule has 0 aliphatic carbocycles. The first-order valence-corrected chi connectivity index (χ1v) is 6.38. The van der Waals surface area contributed by atoms with Crippen LogP contribution in [0.25, 0.3) is 10.8 Å². The van der Waals surface area contributed by atoms with E-state index >= 15 is 0 Å². The number of anilines is 1. The second-order valence-electron chi connectivity index (χ2n) is 5.02. The fraction of sp³-hybridized carbons (Fsp3) is 0.400. The van der Waals surface area contributed by atoms with Gasteiger partial charge in [0.05, 0.1) is 0 Å². The van der Waals surface area contributed by atoms with Crippen LogP contribution in [0.2, 0.25) is 0 Å². The number of hydrogen-bond donors (Lipinski definition) is 0. The van der Waals surface area contributed by atoms with Crippen molar-refractivity contribution in [3.05, 3.63) is 36.0 Å². The average molecular weight is 226 g/mol. The molecule has 1 aromatic heterocycles. The highest BCUT2D eigenvalue weighted by Gasteiger charge is 2.21.